The van der Waals surface area contributed by atoms with Crippen LogP contribution in [0.4, 0.5) is 4.39 Å². The fourth-order valence-corrected chi connectivity index (χ4v) is 4.26. The lowest BCUT2D eigenvalue weighted by molar-refractivity contribution is 0.150. The van der Waals surface area contributed by atoms with E-state index in [0.717, 1.165) is 37.0 Å². The van der Waals surface area contributed by atoms with Crippen molar-refractivity contribution in [1.82, 2.24) is 15.5 Å². The van der Waals surface area contributed by atoms with Gasteiger partial charge in [0.2, 0.25) is 0 Å². The zero-order valence-corrected chi connectivity index (χ0v) is 18.8. The van der Waals surface area contributed by atoms with E-state index in [0.29, 0.717) is 6.04 Å². The van der Waals surface area contributed by atoms with Crippen molar-refractivity contribution in [2.45, 2.75) is 63.5 Å². The zero-order chi connectivity index (χ0) is 18.2. The van der Waals surface area contributed by atoms with Gasteiger partial charge in [0.05, 0.1) is 0 Å². The van der Waals surface area contributed by atoms with Crippen molar-refractivity contribution in [2.75, 3.05) is 26.7 Å². The Hall–Kier alpha value is -0.890. The number of guanidine groups is 1. The van der Waals surface area contributed by atoms with E-state index < -0.39 is 0 Å². The lowest BCUT2D eigenvalue weighted by Gasteiger charge is -2.36. The van der Waals surface area contributed by atoms with Gasteiger partial charge in [-0.05, 0) is 56.2 Å². The lowest BCUT2D eigenvalue weighted by Crippen LogP contribution is -2.50. The van der Waals surface area contributed by atoms with Crippen molar-refractivity contribution in [2.24, 2.45) is 4.99 Å². The van der Waals surface area contributed by atoms with Gasteiger partial charge in [-0.3, -0.25) is 4.99 Å². The maximum atomic E-state index is 13.2. The Kier molecular flexibility index (Phi) is 9.82. The first kappa shape index (κ1) is 22.4. The van der Waals surface area contributed by atoms with E-state index in [9.17, 15) is 4.39 Å². The van der Waals surface area contributed by atoms with Crippen molar-refractivity contribution < 1.29 is 4.39 Å². The summed E-state index contributed by atoms with van der Waals surface area (Å²) in [6.45, 7) is 3.26. The highest BCUT2D eigenvalue weighted by Gasteiger charge is 2.27. The minimum Gasteiger partial charge on any atom is -0.356 e. The summed E-state index contributed by atoms with van der Waals surface area (Å²) in [5.41, 5.74) is 1.05. The number of benzene rings is 1. The number of aliphatic imine (C=N–C) groups is 1. The predicted molar refractivity (Wildman–Crippen MR) is 121 cm³/mol. The third kappa shape index (κ3) is 7.22. The van der Waals surface area contributed by atoms with Gasteiger partial charge in [0.25, 0.3) is 0 Å². The second kappa shape index (κ2) is 11.8. The number of nitrogens with one attached hydrogen (secondary N) is 2. The van der Waals surface area contributed by atoms with Crippen LogP contribution in [-0.4, -0.2) is 49.6 Å². The van der Waals surface area contributed by atoms with Crippen molar-refractivity contribution in [3.63, 3.8) is 0 Å². The largest absolute Gasteiger partial charge is 0.356 e. The molecule has 1 aliphatic heterocycles. The van der Waals surface area contributed by atoms with Crippen LogP contribution in [0.5, 0.6) is 0 Å². The van der Waals surface area contributed by atoms with Crippen molar-refractivity contribution >= 4 is 29.9 Å². The van der Waals surface area contributed by atoms with E-state index in [1.165, 1.54) is 57.7 Å². The predicted octanol–water partition coefficient (Wildman–Crippen LogP) is 3.95. The minimum atomic E-state index is -0.156. The molecule has 1 heterocycles. The molecule has 1 saturated heterocycles. The van der Waals surface area contributed by atoms with E-state index in [-0.39, 0.29) is 29.8 Å². The maximum Gasteiger partial charge on any atom is 0.191 e. The zero-order valence-electron chi connectivity index (χ0n) is 16.4. The van der Waals surface area contributed by atoms with Crippen LogP contribution in [0.25, 0.3) is 0 Å². The first-order chi connectivity index (χ1) is 12.7. The van der Waals surface area contributed by atoms with E-state index in [4.69, 9.17) is 0 Å². The van der Waals surface area contributed by atoms with Crippen molar-refractivity contribution in [3.05, 3.63) is 35.6 Å². The highest BCUT2D eigenvalue weighted by atomic mass is 127. The molecule has 2 fully saturated rings. The highest BCUT2D eigenvalue weighted by Crippen LogP contribution is 2.26. The number of piperidine rings is 1. The topological polar surface area (TPSA) is 39.7 Å². The summed E-state index contributed by atoms with van der Waals surface area (Å²) < 4.78 is 13.2. The molecule has 0 bridgehead atoms. The number of hydrogen-bond acceptors (Lipinski definition) is 2. The average Bonchev–Trinajstić information content (AvgIpc) is 3.19. The van der Waals surface area contributed by atoms with Crippen molar-refractivity contribution in [1.29, 1.82) is 0 Å². The van der Waals surface area contributed by atoms with Gasteiger partial charge in [-0.2, -0.15) is 0 Å². The van der Waals surface area contributed by atoms with Gasteiger partial charge in [0.15, 0.2) is 5.96 Å². The number of nitrogens with zero attached hydrogens (tertiary/aromatic N) is 2. The van der Waals surface area contributed by atoms with Crippen LogP contribution in [0.2, 0.25) is 0 Å². The van der Waals surface area contributed by atoms with Crippen LogP contribution >= 0.6 is 24.0 Å². The molecule has 0 aromatic heterocycles. The molecule has 1 aliphatic carbocycles. The molecule has 3 rings (SSSR count). The summed E-state index contributed by atoms with van der Waals surface area (Å²) in [5, 5.41) is 6.98. The summed E-state index contributed by atoms with van der Waals surface area (Å²) >= 11 is 0. The third-order valence-electron chi connectivity index (χ3n) is 5.76. The molecule has 2 N–H and O–H groups in total. The Labute approximate surface area is 180 Å². The number of hydrogen-bond donors (Lipinski definition) is 2. The quantitative estimate of drug-likeness (QED) is 0.276. The summed E-state index contributed by atoms with van der Waals surface area (Å²) in [5.74, 6) is 0.737. The molecule has 2 aliphatic rings. The number of aryl methyl sites for hydroxylation is 1. The van der Waals surface area contributed by atoms with Gasteiger partial charge in [-0.15, -0.1) is 24.0 Å². The second-order valence-electron chi connectivity index (χ2n) is 7.63. The molecule has 1 aromatic carbocycles. The second-order valence-corrected chi connectivity index (χ2v) is 7.63. The smallest absolute Gasteiger partial charge is 0.191 e. The highest BCUT2D eigenvalue weighted by molar-refractivity contribution is 14.0. The molecule has 0 unspecified atom stereocenters. The number of rotatable bonds is 6. The van der Waals surface area contributed by atoms with Crippen molar-refractivity contribution in [3.8, 4) is 0 Å². The molecule has 0 amide bonds. The molecule has 27 heavy (non-hydrogen) atoms. The summed E-state index contributed by atoms with van der Waals surface area (Å²) in [6.07, 6.45) is 9.84. The maximum absolute atomic E-state index is 13.2. The SMILES string of the molecule is CN=C(NCCCc1cccc(F)c1)NC1CCN(C2CCCC2)CC1.I. The molecular formula is C21H34FIN4. The standard InChI is InChI=1S/C21H33FN4.HI/c1-23-21(24-13-5-7-17-6-4-8-18(22)16-17)25-19-11-14-26(15-12-19)20-9-2-3-10-20;/h4,6,8,16,19-20H,2-3,5,7,9-15H2,1H3,(H2,23,24,25);1H. The monoisotopic (exact) mass is 488 g/mol. The fourth-order valence-electron chi connectivity index (χ4n) is 4.26. The van der Waals surface area contributed by atoms with Crippen LogP contribution in [0.3, 0.4) is 0 Å². The number of likely N-dealkylation sites (tertiary alicyclic amines) is 1. The molecule has 1 saturated carbocycles. The Morgan fingerprint density at radius 3 is 2.59 bits per heavy atom. The molecule has 152 valence electrons. The van der Waals surface area contributed by atoms with Crippen LogP contribution in [-0.2, 0) is 6.42 Å². The van der Waals surface area contributed by atoms with E-state index in [1.54, 1.807) is 12.1 Å². The molecule has 1 aromatic rings. The lowest BCUT2D eigenvalue weighted by atomic mass is 10.0. The van der Waals surface area contributed by atoms with Crippen LogP contribution in [0, 0.1) is 5.82 Å². The average molecular weight is 488 g/mol. The van der Waals surface area contributed by atoms with Crippen LogP contribution < -0.4 is 10.6 Å². The minimum absolute atomic E-state index is 0. The fraction of sp³-hybridized carbons (Fsp3) is 0.667. The van der Waals surface area contributed by atoms with E-state index in [2.05, 4.69) is 20.5 Å². The normalized spacial score (nSPS) is 19.7. The molecule has 4 nitrogen and oxygen atoms in total. The molecular weight excluding hydrogens is 454 g/mol. The van der Waals surface area contributed by atoms with Gasteiger partial charge in [-0.25, -0.2) is 4.39 Å². The Bertz CT molecular complexity index is 581. The third-order valence-corrected chi connectivity index (χ3v) is 5.76. The van der Waals surface area contributed by atoms with Gasteiger partial charge in [0, 0.05) is 38.8 Å². The van der Waals surface area contributed by atoms with Gasteiger partial charge < -0.3 is 15.5 Å². The van der Waals surface area contributed by atoms with E-state index in [1.807, 2.05) is 13.1 Å². The Morgan fingerprint density at radius 2 is 1.93 bits per heavy atom. The van der Waals surface area contributed by atoms with E-state index >= 15 is 0 Å². The first-order valence-electron chi connectivity index (χ1n) is 10.2. The molecule has 6 heteroatoms. The Balaban J connectivity index is 0.00000261. The molecule has 0 atom stereocenters. The van der Waals surface area contributed by atoms with Gasteiger partial charge in [0.1, 0.15) is 5.82 Å². The number of halogens is 2. The Morgan fingerprint density at radius 1 is 1.19 bits per heavy atom. The summed E-state index contributed by atoms with van der Waals surface area (Å²) in [6, 6.07) is 8.22. The van der Waals surface area contributed by atoms with Gasteiger partial charge >= 0.3 is 0 Å². The van der Waals surface area contributed by atoms with Crippen LogP contribution in [0.1, 0.15) is 50.5 Å². The molecule has 0 spiro atoms. The van der Waals surface area contributed by atoms with Gasteiger partial charge in [-0.1, -0.05) is 25.0 Å². The first-order valence-corrected chi connectivity index (χ1v) is 10.2. The summed E-state index contributed by atoms with van der Waals surface area (Å²) in [7, 11) is 1.83. The van der Waals surface area contributed by atoms with Crippen LogP contribution in [0.15, 0.2) is 29.3 Å². The summed E-state index contributed by atoms with van der Waals surface area (Å²) in [4.78, 5) is 7.05. The molecule has 0 radical (unpaired) electrons.